The molecule has 1 N–H and O–H groups in total. The van der Waals surface area contributed by atoms with E-state index in [1.807, 2.05) is 18.2 Å². The molecule has 2 aromatic rings. The average molecular weight is 334 g/mol. The third-order valence-corrected chi connectivity index (χ3v) is 4.65. The fourth-order valence-electron chi connectivity index (χ4n) is 3.28. The topological polar surface area (TPSA) is 49.4 Å². The van der Waals surface area contributed by atoms with Gasteiger partial charge in [0.15, 0.2) is 0 Å². The van der Waals surface area contributed by atoms with Crippen molar-refractivity contribution < 1.29 is 9.59 Å². The summed E-state index contributed by atoms with van der Waals surface area (Å²) in [5.41, 5.74) is 1.10. The van der Waals surface area contributed by atoms with Crippen LogP contribution in [-0.2, 0) is 16.0 Å². The molecule has 2 radical (unpaired) electrons. The lowest BCUT2D eigenvalue weighted by atomic mass is 9.89. The highest BCUT2D eigenvalue weighted by atomic mass is 16.2. The summed E-state index contributed by atoms with van der Waals surface area (Å²) in [5.74, 6) is -0.378. The van der Waals surface area contributed by atoms with Gasteiger partial charge in [0.25, 0.3) is 0 Å². The maximum absolute atomic E-state index is 12.1. The van der Waals surface area contributed by atoms with Crippen LogP contribution >= 0.6 is 0 Å². The monoisotopic (exact) mass is 334 g/mol. The van der Waals surface area contributed by atoms with E-state index >= 15 is 0 Å². The molecule has 1 saturated heterocycles. The lowest BCUT2D eigenvalue weighted by Crippen LogP contribution is -2.41. The Kier molecular flexibility index (Phi) is 5.74. The number of likely N-dealkylation sites (tertiary alicyclic amines) is 1. The molecule has 4 nitrogen and oxygen atoms in total. The van der Waals surface area contributed by atoms with Crippen LogP contribution in [0.25, 0.3) is 10.8 Å². The van der Waals surface area contributed by atoms with E-state index in [2.05, 4.69) is 29.6 Å². The highest BCUT2D eigenvalue weighted by molar-refractivity contribution is 6.13. The van der Waals surface area contributed by atoms with Crippen LogP contribution in [0.5, 0.6) is 0 Å². The summed E-state index contributed by atoms with van der Waals surface area (Å²) in [7, 11) is 6.07. The molecular formula is C20H23BN2O2. The van der Waals surface area contributed by atoms with Crippen LogP contribution in [0.2, 0.25) is 0 Å². The van der Waals surface area contributed by atoms with Crippen molar-refractivity contribution in [1.29, 1.82) is 0 Å². The normalized spacial score (nSPS) is 16.0. The minimum atomic E-state index is -0.425. The number of nitrogens with zero attached hydrogens (tertiary/aromatic N) is 1. The van der Waals surface area contributed by atoms with Crippen molar-refractivity contribution in [1.82, 2.24) is 10.2 Å². The molecule has 3 rings (SSSR count). The molecule has 0 spiro atoms. The molecule has 0 aliphatic carbocycles. The number of carbonyl (C=O) groups excluding carboxylic acids is 2. The van der Waals surface area contributed by atoms with E-state index in [9.17, 15) is 9.59 Å². The van der Waals surface area contributed by atoms with E-state index in [-0.39, 0.29) is 11.8 Å². The first-order chi connectivity index (χ1) is 12.1. The highest BCUT2D eigenvalue weighted by Crippen LogP contribution is 2.16. The summed E-state index contributed by atoms with van der Waals surface area (Å²) in [4.78, 5) is 25.6. The van der Waals surface area contributed by atoms with E-state index < -0.39 is 5.94 Å². The van der Waals surface area contributed by atoms with Crippen molar-refractivity contribution >= 4 is 30.4 Å². The second-order valence-corrected chi connectivity index (χ2v) is 6.65. The van der Waals surface area contributed by atoms with E-state index in [1.165, 1.54) is 10.8 Å². The molecule has 1 fully saturated rings. The molecule has 1 aliphatic rings. The summed E-state index contributed by atoms with van der Waals surface area (Å²) >= 11 is 0. The van der Waals surface area contributed by atoms with Gasteiger partial charge in [-0.1, -0.05) is 42.5 Å². The molecular weight excluding hydrogens is 311 g/mol. The predicted molar refractivity (Wildman–Crippen MR) is 100 cm³/mol. The van der Waals surface area contributed by atoms with Gasteiger partial charge in [0.2, 0.25) is 11.8 Å². The van der Waals surface area contributed by atoms with E-state index in [1.54, 1.807) is 4.90 Å². The minimum absolute atomic E-state index is 0.105. The number of piperidine rings is 1. The number of hydrogen-bond donors (Lipinski definition) is 1. The lowest BCUT2D eigenvalue weighted by Gasteiger charge is -2.26. The van der Waals surface area contributed by atoms with E-state index in [4.69, 9.17) is 7.85 Å². The van der Waals surface area contributed by atoms with Crippen LogP contribution in [0, 0.1) is 0 Å². The van der Waals surface area contributed by atoms with Gasteiger partial charge in [0.1, 0.15) is 0 Å². The average Bonchev–Trinajstić information content (AvgIpc) is 2.61. The van der Waals surface area contributed by atoms with Crippen molar-refractivity contribution in [2.24, 2.45) is 0 Å². The van der Waals surface area contributed by atoms with Crippen molar-refractivity contribution in [2.45, 2.75) is 38.0 Å². The number of fused-ring (bicyclic) bond motifs is 1. The number of nitrogens with one attached hydrogen (secondary N) is 1. The zero-order chi connectivity index (χ0) is 17.6. The molecule has 5 heteroatoms. The van der Waals surface area contributed by atoms with Gasteiger partial charge in [0.05, 0.1) is 7.85 Å². The van der Waals surface area contributed by atoms with Crippen LogP contribution in [-0.4, -0.2) is 43.6 Å². The van der Waals surface area contributed by atoms with E-state index in [0.717, 1.165) is 24.9 Å². The summed E-state index contributed by atoms with van der Waals surface area (Å²) in [5, 5.41) is 5.19. The molecule has 2 amide bonds. The Morgan fingerprint density at radius 2 is 1.96 bits per heavy atom. The number of benzene rings is 2. The Morgan fingerprint density at radius 1 is 1.16 bits per heavy atom. The first kappa shape index (κ1) is 17.5. The molecule has 0 unspecified atom stereocenters. The second-order valence-electron chi connectivity index (χ2n) is 6.65. The second kappa shape index (κ2) is 8.19. The molecule has 0 bridgehead atoms. The third kappa shape index (κ3) is 4.85. The predicted octanol–water partition coefficient (Wildman–Crippen LogP) is 2.40. The minimum Gasteiger partial charge on any atom is -0.362 e. The van der Waals surface area contributed by atoms with Gasteiger partial charge in [-0.2, -0.15) is 0 Å². The number of hydrogen-bond acceptors (Lipinski definition) is 2. The van der Waals surface area contributed by atoms with Gasteiger partial charge in [-0.3, -0.25) is 9.59 Å². The Balaban J connectivity index is 1.48. The zero-order valence-corrected chi connectivity index (χ0v) is 14.4. The fraction of sp³-hybridized carbons (Fsp3) is 0.400. The summed E-state index contributed by atoms with van der Waals surface area (Å²) in [6, 6.07) is 14.4. The molecule has 25 heavy (non-hydrogen) atoms. The van der Waals surface area contributed by atoms with Crippen molar-refractivity contribution in [3.63, 3.8) is 0 Å². The SMILES string of the molecule is [B][C@H](Cc1ccc2ccccc2c1)NC(=O)CCN1CCCCC1=O. The van der Waals surface area contributed by atoms with Gasteiger partial charge in [-0.15, -0.1) is 0 Å². The molecule has 2 aromatic carbocycles. The zero-order valence-electron chi connectivity index (χ0n) is 14.4. The lowest BCUT2D eigenvalue weighted by molar-refractivity contribution is -0.133. The van der Waals surface area contributed by atoms with Crippen LogP contribution in [0.1, 0.15) is 31.2 Å². The Labute approximate surface area is 150 Å². The van der Waals surface area contributed by atoms with Gasteiger partial charge in [-0.05, 0) is 41.5 Å². The third-order valence-electron chi connectivity index (χ3n) is 4.65. The molecule has 1 aliphatic heterocycles. The summed E-state index contributed by atoms with van der Waals surface area (Å²) in [6.45, 7) is 1.24. The molecule has 128 valence electrons. The maximum Gasteiger partial charge on any atom is 0.222 e. The van der Waals surface area contributed by atoms with Gasteiger partial charge in [0, 0.05) is 25.9 Å². The largest absolute Gasteiger partial charge is 0.362 e. The molecule has 1 atom stereocenters. The number of amides is 2. The van der Waals surface area contributed by atoms with Crippen LogP contribution in [0.15, 0.2) is 42.5 Å². The fourth-order valence-corrected chi connectivity index (χ4v) is 3.28. The summed E-state index contributed by atoms with van der Waals surface area (Å²) in [6.07, 6.45) is 3.46. The van der Waals surface area contributed by atoms with Crippen LogP contribution < -0.4 is 5.32 Å². The van der Waals surface area contributed by atoms with E-state index in [0.29, 0.717) is 25.8 Å². The molecule has 1 heterocycles. The van der Waals surface area contributed by atoms with Crippen LogP contribution in [0.3, 0.4) is 0 Å². The van der Waals surface area contributed by atoms with Gasteiger partial charge in [-0.25, -0.2) is 0 Å². The van der Waals surface area contributed by atoms with Gasteiger partial charge < -0.3 is 10.2 Å². The Morgan fingerprint density at radius 3 is 2.76 bits per heavy atom. The molecule has 0 aromatic heterocycles. The highest BCUT2D eigenvalue weighted by Gasteiger charge is 2.18. The maximum atomic E-state index is 12.1. The van der Waals surface area contributed by atoms with Crippen molar-refractivity contribution in [3.8, 4) is 0 Å². The Bertz CT molecular complexity index is 762. The molecule has 0 saturated carbocycles. The number of carbonyl (C=O) groups is 2. The smallest absolute Gasteiger partial charge is 0.222 e. The quantitative estimate of drug-likeness (QED) is 0.825. The van der Waals surface area contributed by atoms with Crippen molar-refractivity contribution in [3.05, 3.63) is 48.0 Å². The van der Waals surface area contributed by atoms with Crippen LogP contribution in [0.4, 0.5) is 0 Å². The summed E-state index contributed by atoms with van der Waals surface area (Å²) < 4.78 is 0. The van der Waals surface area contributed by atoms with Crippen molar-refractivity contribution in [2.75, 3.05) is 13.1 Å². The Hall–Kier alpha value is -2.30. The first-order valence-corrected chi connectivity index (χ1v) is 8.92. The van der Waals surface area contributed by atoms with Gasteiger partial charge >= 0.3 is 0 Å². The first-order valence-electron chi connectivity index (χ1n) is 8.92. The number of rotatable bonds is 6. The standard InChI is InChI=1S/C20H23BN2O2/c21-18(14-15-8-9-16-5-1-2-6-17(16)13-15)22-19(24)10-12-23-11-4-3-7-20(23)25/h1-2,5-6,8-9,13,18H,3-4,7,10-12,14H2,(H,22,24)/t18-/m0/s1.